The predicted octanol–water partition coefficient (Wildman–Crippen LogP) is 6.27. The fourth-order valence-corrected chi connectivity index (χ4v) is 5.75. The molecule has 0 spiro atoms. The largest absolute Gasteiger partial charge is 0.382 e. The number of hydrogen-bond donors (Lipinski definition) is 2. The van der Waals surface area contributed by atoms with E-state index in [2.05, 4.69) is 10.6 Å². The summed E-state index contributed by atoms with van der Waals surface area (Å²) in [5.74, 6) is 0.0483. The second-order valence-electron chi connectivity index (χ2n) is 8.86. The highest BCUT2D eigenvalue weighted by Crippen LogP contribution is 2.31. The quantitative estimate of drug-likeness (QED) is 0.212. The van der Waals surface area contributed by atoms with Crippen LogP contribution in [0.4, 0.5) is 16.2 Å². The average molecular weight is 581 g/mol. The summed E-state index contributed by atoms with van der Waals surface area (Å²) in [6.45, 7) is 3.06. The molecule has 2 unspecified atom stereocenters. The van der Waals surface area contributed by atoms with Gasteiger partial charge in [0, 0.05) is 5.69 Å². The Morgan fingerprint density at radius 3 is 1.62 bits per heavy atom. The summed E-state index contributed by atoms with van der Waals surface area (Å²) in [6, 6.07) is 28.7. The predicted molar refractivity (Wildman–Crippen MR) is 154 cm³/mol. The minimum Gasteiger partial charge on any atom is -0.382 e. The number of hydrogen-bond acceptors (Lipinski definition) is 7. The maximum absolute atomic E-state index is 12.9. The average Bonchev–Trinajstić information content (AvgIpc) is 2.95. The Morgan fingerprint density at radius 1 is 0.600 bits per heavy atom. The lowest BCUT2D eigenvalue weighted by Crippen LogP contribution is -2.21. The van der Waals surface area contributed by atoms with Crippen LogP contribution in [0.1, 0.15) is 35.5 Å². The van der Waals surface area contributed by atoms with Crippen molar-refractivity contribution in [3.63, 3.8) is 0 Å². The molecule has 0 aliphatic rings. The molecule has 2 atom stereocenters. The number of carbonyl (C=O) groups excluding carboxylic acids is 1. The fraction of sp³-hybridized carbons (Fsp3) is 0.138. The topological polar surface area (TPSA) is 128 Å². The van der Waals surface area contributed by atoms with E-state index in [1.54, 1.807) is 79.7 Å². The van der Waals surface area contributed by atoms with Crippen LogP contribution in [0.3, 0.4) is 0 Å². The van der Waals surface area contributed by atoms with Crippen LogP contribution in [0.5, 0.6) is 11.5 Å². The summed E-state index contributed by atoms with van der Waals surface area (Å²) in [7, 11) is -8.01. The van der Waals surface area contributed by atoms with Gasteiger partial charge in [0.25, 0.3) is 0 Å². The van der Waals surface area contributed by atoms with Gasteiger partial charge in [-0.25, -0.2) is 4.79 Å². The Labute approximate surface area is 234 Å². The van der Waals surface area contributed by atoms with Crippen LogP contribution in [0, 0.1) is 0 Å². The van der Waals surface area contributed by atoms with Gasteiger partial charge in [-0.1, -0.05) is 72.8 Å². The number of urea groups is 1. The molecule has 4 rings (SSSR count). The summed E-state index contributed by atoms with van der Waals surface area (Å²) >= 11 is 0. The first kappa shape index (κ1) is 28.7. The highest BCUT2D eigenvalue weighted by atomic mass is 32.2. The van der Waals surface area contributed by atoms with Crippen LogP contribution >= 0.6 is 0 Å². The van der Waals surface area contributed by atoms with Crippen molar-refractivity contribution in [1.29, 1.82) is 0 Å². The molecular formula is C29H28N2O7S2. The molecule has 9 nitrogen and oxygen atoms in total. The lowest BCUT2D eigenvalue weighted by atomic mass is 10.2. The van der Waals surface area contributed by atoms with Gasteiger partial charge in [0.05, 0.1) is 5.69 Å². The Bertz CT molecular complexity index is 1660. The third-order valence-electron chi connectivity index (χ3n) is 6.07. The zero-order chi connectivity index (χ0) is 28.8. The summed E-state index contributed by atoms with van der Waals surface area (Å²) in [5, 5.41) is 3.38. The Balaban J connectivity index is 1.39. The number of anilines is 2. The van der Waals surface area contributed by atoms with Gasteiger partial charge in [-0.3, -0.25) is 0 Å². The molecule has 40 heavy (non-hydrogen) atoms. The van der Waals surface area contributed by atoms with E-state index in [-0.39, 0.29) is 17.2 Å². The van der Waals surface area contributed by atoms with Gasteiger partial charge in [0.1, 0.15) is 16.2 Å². The minimum absolute atomic E-state index is 0.0399. The van der Waals surface area contributed by atoms with E-state index in [0.29, 0.717) is 16.8 Å². The highest BCUT2D eigenvalue weighted by Gasteiger charge is 2.26. The molecule has 4 aromatic rings. The van der Waals surface area contributed by atoms with Crippen molar-refractivity contribution in [2.75, 3.05) is 10.6 Å². The molecule has 0 aliphatic carbocycles. The van der Waals surface area contributed by atoms with Crippen LogP contribution in [0.2, 0.25) is 0 Å². The van der Waals surface area contributed by atoms with Gasteiger partial charge in [0.15, 0.2) is 5.75 Å². The molecule has 4 aromatic carbocycles. The Hall–Kier alpha value is -4.35. The first-order chi connectivity index (χ1) is 19.0. The van der Waals surface area contributed by atoms with E-state index >= 15 is 0 Å². The number of carbonyl (C=O) groups is 1. The van der Waals surface area contributed by atoms with Crippen LogP contribution in [-0.2, 0) is 20.2 Å². The molecule has 0 bridgehead atoms. The summed E-state index contributed by atoms with van der Waals surface area (Å²) < 4.78 is 61.7. The van der Waals surface area contributed by atoms with Crippen molar-refractivity contribution in [2.24, 2.45) is 0 Å². The van der Waals surface area contributed by atoms with Crippen LogP contribution in [-0.4, -0.2) is 22.9 Å². The molecule has 0 saturated carbocycles. The summed E-state index contributed by atoms with van der Waals surface area (Å²) in [5.41, 5.74) is 1.66. The molecule has 0 saturated heterocycles. The summed E-state index contributed by atoms with van der Waals surface area (Å²) in [4.78, 5) is 12.7. The lowest BCUT2D eigenvalue weighted by molar-refractivity contribution is 0.262. The zero-order valence-corrected chi connectivity index (χ0v) is 23.4. The maximum atomic E-state index is 12.9. The molecule has 208 valence electrons. The van der Waals surface area contributed by atoms with E-state index < -0.39 is 36.8 Å². The minimum atomic E-state index is -4.06. The second-order valence-corrected chi connectivity index (χ2v) is 12.6. The Kier molecular flexibility index (Phi) is 8.76. The monoisotopic (exact) mass is 580 g/mol. The zero-order valence-electron chi connectivity index (χ0n) is 21.7. The number of benzene rings is 4. The van der Waals surface area contributed by atoms with Gasteiger partial charge < -0.3 is 19.0 Å². The molecule has 11 heteroatoms. The number of rotatable bonds is 10. The normalized spacial score (nSPS) is 13.1. The van der Waals surface area contributed by atoms with Crippen molar-refractivity contribution in [3.8, 4) is 11.5 Å². The number of amides is 2. The van der Waals surface area contributed by atoms with Crippen LogP contribution in [0.25, 0.3) is 0 Å². The van der Waals surface area contributed by atoms with E-state index in [1.807, 2.05) is 0 Å². The van der Waals surface area contributed by atoms with Crippen molar-refractivity contribution in [3.05, 3.63) is 120 Å². The highest BCUT2D eigenvalue weighted by molar-refractivity contribution is 7.87. The first-order valence-corrected chi connectivity index (χ1v) is 15.2. The van der Waals surface area contributed by atoms with E-state index in [4.69, 9.17) is 8.37 Å². The number of para-hydroxylation sites is 2. The van der Waals surface area contributed by atoms with E-state index in [0.717, 1.165) is 0 Å². The van der Waals surface area contributed by atoms with Crippen molar-refractivity contribution in [1.82, 2.24) is 0 Å². The maximum Gasteiger partial charge on any atom is 0.323 e. The molecule has 0 radical (unpaired) electrons. The van der Waals surface area contributed by atoms with Crippen LogP contribution in [0.15, 0.2) is 109 Å². The molecule has 2 amide bonds. The van der Waals surface area contributed by atoms with Gasteiger partial charge in [-0.2, -0.15) is 16.8 Å². The molecule has 2 N–H and O–H groups in total. The van der Waals surface area contributed by atoms with E-state index in [9.17, 15) is 21.6 Å². The molecule has 0 fully saturated rings. The van der Waals surface area contributed by atoms with Gasteiger partial charge in [-0.15, -0.1) is 0 Å². The van der Waals surface area contributed by atoms with Crippen LogP contribution < -0.4 is 19.0 Å². The number of nitrogens with one attached hydrogen (secondary N) is 2. The first-order valence-electron chi connectivity index (χ1n) is 12.3. The van der Waals surface area contributed by atoms with Crippen molar-refractivity contribution < 1.29 is 30.0 Å². The standard InChI is InChI=1S/C29H28N2O7S2/c1-21(23-11-5-3-6-12-23)39(33,34)37-26-19-17-25(18-20-26)30-29(32)31-27-15-9-10-16-28(27)38-40(35,36)22(2)24-13-7-4-8-14-24/h3-22H,1-2H3,(H2,30,31,32). The lowest BCUT2D eigenvalue weighted by Gasteiger charge is -2.17. The smallest absolute Gasteiger partial charge is 0.323 e. The fourth-order valence-electron chi connectivity index (χ4n) is 3.71. The molecule has 0 heterocycles. The third-order valence-corrected chi connectivity index (χ3v) is 9.18. The summed E-state index contributed by atoms with van der Waals surface area (Å²) in [6.07, 6.45) is 0. The molecule has 0 aromatic heterocycles. The van der Waals surface area contributed by atoms with Gasteiger partial charge >= 0.3 is 26.3 Å². The molecule has 0 aliphatic heterocycles. The van der Waals surface area contributed by atoms with Crippen molar-refractivity contribution in [2.45, 2.75) is 24.3 Å². The SMILES string of the molecule is CC(c1ccccc1)S(=O)(=O)Oc1ccc(NC(=O)Nc2ccccc2OS(=O)(=O)C(C)c2ccccc2)cc1. The van der Waals surface area contributed by atoms with Crippen molar-refractivity contribution >= 4 is 37.6 Å². The van der Waals surface area contributed by atoms with Gasteiger partial charge in [-0.05, 0) is 61.4 Å². The van der Waals surface area contributed by atoms with E-state index in [1.165, 1.54) is 43.3 Å². The third kappa shape index (κ3) is 7.19. The second kappa shape index (κ2) is 12.2. The molecular weight excluding hydrogens is 552 g/mol. The van der Waals surface area contributed by atoms with Gasteiger partial charge in [0.2, 0.25) is 0 Å². The Morgan fingerprint density at radius 2 is 1.07 bits per heavy atom.